The van der Waals surface area contributed by atoms with Crippen molar-refractivity contribution in [2.45, 2.75) is 51.9 Å². The number of piperidine rings is 1. The van der Waals surface area contributed by atoms with Gasteiger partial charge in [0.1, 0.15) is 6.54 Å². The Kier molecular flexibility index (Phi) is 6.23. The lowest BCUT2D eigenvalue weighted by atomic mass is 10.0. The van der Waals surface area contributed by atoms with E-state index in [1.807, 2.05) is 30.3 Å². The molecule has 0 saturated carbocycles. The minimum atomic E-state index is -0.247. The summed E-state index contributed by atoms with van der Waals surface area (Å²) in [5.74, 6) is -0.221. The fraction of sp³-hybridized carbons (Fsp3) is 0.375. The van der Waals surface area contributed by atoms with Crippen molar-refractivity contribution in [1.29, 1.82) is 0 Å². The monoisotopic (exact) mass is 404 g/mol. The van der Waals surface area contributed by atoms with E-state index in [4.69, 9.17) is 0 Å². The van der Waals surface area contributed by atoms with E-state index in [2.05, 4.69) is 34.4 Å². The molecule has 0 unspecified atom stereocenters. The molecule has 0 bridgehead atoms. The largest absolute Gasteiger partial charge is 0.350 e. The molecule has 1 fully saturated rings. The maximum Gasteiger partial charge on any atom is 0.275 e. The summed E-state index contributed by atoms with van der Waals surface area (Å²) in [5.41, 5.74) is 2.11. The van der Waals surface area contributed by atoms with E-state index in [9.17, 15) is 9.59 Å². The number of hydrogen-bond donors (Lipinski definition) is 1. The number of nitrogens with one attached hydrogen (secondary N) is 1. The van der Waals surface area contributed by atoms with Gasteiger partial charge in [-0.05, 0) is 43.5 Å². The van der Waals surface area contributed by atoms with Gasteiger partial charge < -0.3 is 5.32 Å². The molecule has 1 N–H and O–H groups in total. The number of carbonyl (C=O) groups excluding carboxylic acids is 1. The highest BCUT2D eigenvalue weighted by atomic mass is 16.2. The van der Waals surface area contributed by atoms with Gasteiger partial charge in [0, 0.05) is 24.5 Å². The third-order valence-electron chi connectivity index (χ3n) is 5.96. The summed E-state index contributed by atoms with van der Waals surface area (Å²) in [6.45, 7) is 4.67. The van der Waals surface area contributed by atoms with Crippen LogP contribution in [0.15, 0.2) is 59.5 Å². The quantitative estimate of drug-likeness (QED) is 0.686. The van der Waals surface area contributed by atoms with Gasteiger partial charge in [-0.2, -0.15) is 5.10 Å². The standard InChI is InChI=1S/C24H28N4O2/c1-18-8-6-7-13-27(18)16-21-11-3-2-9-19(21)14-25-23(29)17-28-24(30)22-12-5-4-10-20(22)15-26-28/h2-5,9-12,15,18H,6-8,13-14,16-17H2,1H3,(H,25,29)/t18-/m0/s1. The predicted octanol–water partition coefficient (Wildman–Crippen LogP) is 3.09. The molecule has 1 amide bonds. The number of nitrogens with zero attached hydrogens (tertiary/aromatic N) is 3. The van der Waals surface area contributed by atoms with Gasteiger partial charge in [-0.15, -0.1) is 0 Å². The first-order valence-electron chi connectivity index (χ1n) is 10.6. The van der Waals surface area contributed by atoms with Crippen LogP contribution in [0.3, 0.4) is 0 Å². The van der Waals surface area contributed by atoms with E-state index in [-0.39, 0.29) is 18.0 Å². The Labute approximate surface area is 176 Å². The van der Waals surface area contributed by atoms with Crippen molar-refractivity contribution in [3.8, 4) is 0 Å². The summed E-state index contributed by atoms with van der Waals surface area (Å²) in [6, 6.07) is 16.1. The van der Waals surface area contributed by atoms with Crippen molar-refractivity contribution >= 4 is 16.7 Å². The molecule has 1 aromatic heterocycles. The Balaban J connectivity index is 1.41. The summed E-state index contributed by atoms with van der Waals surface area (Å²) in [4.78, 5) is 27.6. The van der Waals surface area contributed by atoms with Gasteiger partial charge in [0.25, 0.3) is 5.56 Å². The molecule has 4 rings (SSSR count). The zero-order valence-electron chi connectivity index (χ0n) is 17.4. The van der Waals surface area contributed by atoms with Crippen LogP contribution < -0.4 is 10.9 Å². The molecule has 3 aromatic rings. The fourth-order valence-electron chi connectivity index (χ4n) is 4.12. The molecule has 2 aromatic carbocycles. The summed E-state index contributed by atoms with van der Waals surface area (Å²) in [7, 11) is 0. The predicted molar refractivity (Wildman–Crippen MR) is 118 cm³/mol. The van der Waals surface area contributed by atoms with Crippen LogP contribution in [0.2, 0.25) is 0 Å². The number of fused-ring (bicyclic) bond motifs is 1. The second kappa shape index (κ2) is 9.22. The van der Waals surface area contributed by atoms with Gasteiger partial charge in [0.15, 0.2) is 0 Å². The zero-order valence-corrected chi connectivity index (χ0v) is 17.4. The molecular formula is C24H28N4O2. The molecule has 1 saturated heterocycles. The summed E-state index contributed by atoms with van der Waals surface area (Å²) >= 11 is 0. The highest BCUT2D eigenvalue weighted by Gasteiger charge is 2.19. The molecule has 30 heavy (non-hydrogen) atoms. The Morgan fingerprint density at radius 2 is 1.87 bits per heavy atom. The first kappa shape index (κ1) is 20.3. The van der Waals surface area contributed by atoms with Gasteiger partial charge in [-0.3, -0.25) is 14.5 Å². The molecule has 0 spiro atoms. The molecule has 6 nitrogen and oxygen atoms in total. The Morgan fingerprint density at radius 1 is 1.10 bits per heavy atom. The molecule has 6 heteroatoms. The summed E-state index contributed by atoms with van der Waals surface area (Å²) < 4.78 is 1.22. The summed E-state index contributed by atoms with van der Waals surface area (Å²) in [5, 5.41) is 8.44. The maximum absolute atomic E-state index is 12.6. The van der Waals surface area contributed by atoms with Crippen LogP contribution >= 0.6 is 0 Å². The lowest BCUT2D eigenvalue weighted by molar-refractivity contribution is -0.122. The molecule has 156 valence electrons. The fourth-order valence-corrected chi connectivity index (χ4v) is 4.12. The van der Waals surface area contributed by atoms with Crippen LogP contribution in [-0.2, 0) is 24.4 Å². The van der Waals surface area contributed by atoms with E-state index in [0.717, 1.165) is 24.0 Å². The van der Waals surface area contributed by atoms with Gasteiger partial charge in [0.05, 0.1) is 11.6 Å². The van der Waals surface area contributed by atoms with Crippen molar-refractivity contribution < 1.29 is 4.79 Å². The van der Waals surface area contributed by atoms with E-state index in [0.29, 0.717) is 18.0 Å². The first-order chi connectivity index (χ1) is 14.6. The molecule has 1 aliphatic heterocycles. The first-order valence-corrected chi connectivity index (χ1v) is 10.6. The van der Waals surface area contributed by atoms with E-state index < -0.39 is 0 Å². The lowest BCUT2D eigenvalue weighted by Crippen LogP contribution is -2.37. The highest BCUT2D eigenvalue weighted by molar-refractivity contribution is 5.81. The number of amides is 1. The number of aromatic nitrogens is 2. The Morgan fingerprint density at radius 3 is 2.70 bits per heavy atom. The van der Waals surface area contributed by atoms with Crippen LogP contribution in [0.1, 0.15) is 37.3 Å². The number of hydrogen-bond acceptors (Lipinski definition) is 4. The third-order valence-corrected chi connectivity index (χ3v) is 5.96. The average molecular weight is 405 g/mol. The van der Waals surface area contributed by atoms with Crippen LogP contribution in [0.25, 0.3) is 10.8 Å². The van der Waals surface area contributed by atoms with Crippen molar-refractivity contribution in [1.82, 2.24) is 20.0 Å². The third kappa shape index (κ3) is 4.60. The van der Waals surface area contributed by atoms with Crippen molar-refractivity contribution in [3.63, 3.8) is 0 Å². The van der Waals surface area contributed by atoms with E-state index in [1.165, 1.54) is 29.5 Å². The Hall–Kier alpha value is -2.99. The average Bonchev–Trinajstić information content (AvgIpc) is 2.77. The number of benzene rings is 2. The number of likely N-dealkylation sites (tertiary alicyclic amines) is 1. The molecule has 1 atom stereocenters. The SMILES string of the molecule is C[C@H]1CCCCN1Cc1ccccc1CNC(=O)Cn1ncc2ccccc2c1=O. The Bertz CT molecular complexity index is 1090. The highest BCUT2D eigenvalue weighted by Crippen LogP contribution is 2.20. The normalized spacial score (nSPS) is 17.2. The molecule has 0 radical (unpaired) electrons. The minimum absolute atomic E-state index is 0.0883. The van der Waals surface area contributed by atoms with Gasteiger partial charge in [-0.25, -0.2) is 4.68 Å². The van der Waals surface area contributed by atoms with Crippen LogP contribution in [0.5, 0.6) is 0 Å². The van der Waals surface area contributed by atoms with E-state index >= 15 is 0 Å². The second-order valence-electron chi connectivity index (χ2n) is 8.06. The lowest BCUT2D eigenvalue weighted by Gasteiger charge is -2.33. The van der Waals surface area contributed by atoms with Crippen LogP contribution in [0.4, 0.5) is 0 Å². The van der Waals surface area contributed by atoms with E-state index in [1.54, 1.807) is 12.3 Å². The minimum Gasteiger partial charge on any atom is -0.350 e. The number of carbonyl (C=O) groups is 1. The smallest absolute Gasteiger partial charge is 0.275 e. The topological polar surface area (TPSA) is 67.2 Å². The maximum atomic E-state index is 12.6. The number of rotatable bonds is 6. The van der Waals surface area contributed by atoms with Crippen molar-refractivity contribution in [3.05, 3.63) is 76.2 Å². The summed E-state index contributed by atoms with van der Waals surface area (Å²) in [6.07, 6.45) is 5.42. The zero-order chi connectivity index (χ0) is 20.9. The second-order valence-corrected chi connectivity index (χ2v) is 8.06. The van der Waals surface area contributed by atoms with Crippen molar-refractivity contribution in [2.75, 3.05) is 6.54 Å². The van der Waals surface area contributed by atoms with Crippen LogP contribution in [0, 0.1) is 0 Å². The van der Waals surface area contributed by atoms with Gasteiger partial charge >= 0.3 is 0 Å². The van der Waals surface area contributed by atoms with Crippen LogP contribution in [-0.4, -0.2) is 33.2 Å². The van der Waals surface area contributed by atoms with Gasteiger partial charge in [0.2, 0.25) is 5.91 Å². The molecular weight excluding hydrogens is 376 g/mol. The molecule has 0 aliphatic carbocycles. The molecule has 2 heterocycles. The molecule has 1 aliphatic rings. The van der Waals surface area contributed by atoms with Gasteiger partial charge in [-0.1, -0.05) is 48.9 Å². The van der Waals surface area contributed by atoms with Crippen molar-refractivity contribution in [2.24, 2.45) is 0 Å².